The van der Waals surface area contributed by atoms with Crippen LogP contribution < -0.4 is 14.8 Å². The third-order valence-electron chi connectivity index (χ3n) is 5.98. The van der Waals surface area contributed by atoms with Gasteiger partial charge in [0.1, 0.15) is 6.17 Å². The summed E-state index contributed by atoms with van der Waals surface area (Å²) in [4.78, 5) is 15.2. The van der Waals surface area contributed by atoms with Crippen LogP contribution >= 0.6 is 0 Å². The van der Waals surface area contributed by atoms with E-state index >= 15 is 0 Å². The van der Waals surface area contributed by atoms with Crippen molar-refractivity contribution in [1.82, 2.24) is 4.90 Å². The highest BCUT2D eigenvalue weighted by atomic mass is 16.5. The highest BCUT2D eigenvalue weighted by Crippen LogP contribution is 2.37. The fraction of sp³-hybridized carbons (Fsp3) is 0.321. The molecule has 34 heavy (non-hydrogen) atoms. The van der Waals surface area contributed by atoms with E-state index in [0.717, 1.165) is 30.5 Å². The van der Waals surface area contributed by atoms with E-state index in [2.05, 4.69) is 29.6 Å². The second-order valence-corrected chi connectivity index (χ2v) is 8.29. The number of aryl methyl sites for hydroxylation is 1. The summed E-state index contributed by atoms with van der Waals surface area (Å²) in [6, 6.07) is 23.9. The van der Waals surface area contributed by atoms with Crippen LogP contribution in [0.15, 0.2) is 72.8 Å². The van der Waals surface area contributed by atoms with Crippen molar-refractivity contribution in [2.75, 3.05) is 39.3 Å². The minimum absolute atomic E-state index is 0.00987. The lowest BCUT2D eigenvalue weighted by Gasteiger charge is -2.38. The molecule has 0 saturated heterocycles. The molecule has 0 fully saturated rings. The fourth-order valence-corrected chi connectivity index (χ4v) is 4.24. The number of rotatable bonds is 11. The molecule has 0 spiro atoms. The summed E-state index contributed by atoms with van der Waals surface area (Å²) in [5.74, 6) is 1.37. The number of carbonyl (C=O) groups excluding carboxylic acids is 1. The molecule has 0 bridgehead atoms. The first-order valence-electron chi connectivity index (χ1n) is 11.7. The van der Waals surface area contributed by atoms with Crippen LogP contribution in [0.4, 0.5) is 5.69 Å². The Morgan fingerprint density at radius 1 is 0.882 bits per heavy atom. The Bertz CT molecular complexity index is 1090. The Morgan fingerprint density at radius 3 is 2.47 bits per heavy atom. The topological polar surface area (TPSA) is 60.0 Å². The number of hydrogen-bond donors (Lipinski definition) is 1. The molecule has 178 valence electrons. The quantitative estimate of drug-likeness (QED) is 0.393. The zero-order chi connectivity index (χ0) is 23.8. The summed E-state index contributed by atoms with van der Waals surface area (Å²) in [5.41, 5.74) is 3.76. The van der Waals surface area contributed by atoms with E-state index in [1.165, 1.54) is 5.56 Å². The van der Waals surface area contributed by atoms with E-state index in [4.69, 9.17) is 14.2 Å². The molecule has 1 atom stereocenters. The first-order chi connectivity index (χ1) is 16.7. The van der Waals surface area contributed by atoms with Gasteiger partial charge in [-0.3, -0.25) is 4.79 Å². The minimum Gasteiger partial charge on any atom is -0.493 e. The minimum atomic E-state index is -0.305. The summed E-state index contributed by atoms with van der Waals surface area (Å²) in [7, 11) is 3.31. The molecule has 0 saturated carbocycles. The van der Waals surface area contributed by atoms with Crippen LogP contribution in [0.3, 0.4) is 0 Å². The Morgan fingerprint density at radius 2 is 1.68 bits per heavy atom. The fourth-order valence-electron chi connectivity index (χ4n) is 4.24. The molecule has 6 heteroatoms. The number of nitrogens with zero attached hydrogens (tertiary/aromatic N) is 1. The van der Waals surface area contributed by atoms with Gasteiger partial charge in [0.25, 0.3) is 5.91 Å². The van der Waals surface area contributed by atoms with E-state index in [9.17, 15) is 4.79 Å². The normalized spacial score (nSPS) is 14.9. The van der Waals surface area contributed by atoms with Crippen LogP contribution in [-0.2, 0) is 11.2 Å². The van der Waals surface area contributed by atoms with Gasteiger partial charge in [0.15, 0.2) is 11.5 Å². The van der Waals surface area contributed by atoms with Gasteiger partial charge in [0.05, 0.1) is 19.3 Å². The van der Waals surface area contributed by atoms with Gasteiger partial charge in [-0.15, -0.1) is 0 Å². The predicted octanol–water partition coefficient (Wildman–Crippen LogP) is 5.31. The number of fused-ring (bicyclic) bond motifs is 1. The number of methoxy groups -OCH3 is 2. The third-order valence-corrected chi connectivity index (χ3v) is 5.98. The van der Waals surface area contributed by atoms with Crippen LogP contribution in [0.1, 0.15) is 40.5 Å². The van der Waals surface area contributed by atoms with Crippen molar-refractivity contribution in [3.63, 3.8) is 0 Å². The molecule has 1 amide bonds. The number of amides is 1. The van der Waals surface area contributed by atoms with Gasteiger partial charge in [0, 0.05) is 25.9 Å². The summed E-state index contributed by atoms with van der Waals surface area (Å²) in [6.07, 6.45) is 2.32. The number of ether oxygens (including phenoxy) is 3. The molecule has 3 aromatic carbocycles. The van der Waals surface area contributed by atoms with Crippen LogP contribution in [-0.4, -0.2) is 44.8 Å². The second-order valence-electron chi connectivity index (χ2n) is 8.29. The van der Waals surface area contributed by atoms with Gasteiger partial charge in [-0.25, -0.2) is 0 Å². The SMILES string of the molecule is COCCCN1C(=O)c2ccccc2NC1c1ccc(OCCCc2ccccc2)c(OC)c1. The van der Waals surface area contributed by atoms with Crippen molar-refractivity contribution in [3.05, 3.63) is 89.5 Å². The molecule has 6 nitrogen and oxygen atoms in total. The zero-order valence-electron chi connectivity index (χ0n) is 19.8. The number of benzene rings is 3. The second kappa shape index (κ2) is 11.6. The van der Waals surface area contributed by atoms with E-state index in [0.29, 0.717) is 36.8 Å². The monoisotopic (exact) mass is 460 g/mol. The molecule has 0 aliphatic carbocycles. The van der Waals surface area contributed by atoms with Crippen LogP contribution in [0.2, 0.25) is 0 Å². The maximum atomic E-state index is 13.3. The average Bonchev–Trinajstić information content (AvgIpc) is 2.88. The van der Waals surface area contributed by atoms with Crippen molar-refractivity contribution >= 4 is 11.6 Å². The van der Waals surface area contributed by atoms with Crippen LogP contribution in [0.25, 0.3) is 0 Å². The molecule has 3 aromatic rings. The molecule has 1 heterocycles. The van der Waals surface area contributed by atoms with E-state index < -0.39 is 0 Å². The number of anilines is 1. The molecular formula is C28H32N2O4. The first-order valence-corrected chi connectivity index (χ1v) is 11.7. The largest absolute Gasteiger partial charge is 0.493 e. The van der Waals surface area contributed by atoms with Crippen molar-refractivity contribution in [1.29, 1.82) is 0 Å². The number of hydrogen-bond acceptors (Lipinski definition) is 5. The molecule has 1 aliphatic heterocycles. The molecule has 1 N–H and O–H groups in total. The lowest BCUT2D eigenvalue weighted by Crippen LogP contribution is -2.43. The number of nitrogens with one attached hydrogen (secondary N) is 1. The summed E-state index contributed by atoms with van der Waals surface area (Å²) >= 11 is 0. The maximum Gasteiger partial charge on any atom is 0.257 e. The zero-order valence-corrected chi connectivity index (χ0v) is 19.8. The first kappa shape index (κ1) is 23.6. The van der Waals surface area contributed by atoms with Gasteiger partial charge in [-0.2, -0.15) is 0 Å². The standard InChI is InChI=1S/C28H32N2O4/c1-32-18-9-17-30-27(29-24-14-7-6-13-23(24)28(30)31)22-15-16-25(26(20-22)33-2)34-19-8-12-21-10-4-3-5-11-21/h3-7,10-11,13-16,20,27,29H,8-9,12,17-19H2,1-2H3. The van der Waals surface area contributed by atoms with Gasteiger partial charge >= 0.3 is 0 Å². The van der Waals surface area contributed by atoms with Crippen molar-refractivity contribution in [2.24, 2.45) is 0 Å². The maximum absolute atomic E-state index is 13.3. The molecule has 4 rings (SSSR count). The smallest absolute Gasteiger partial charge is 0.257 e. The summed E-state index contributed by atoms with van der Waals surface area (Å²) < 4.78 is 16.9. The van der Waals surface area contributed by atoms with Gasteiger partial charge in [-0.05, 0) is 54.7 Å². The van der Waals surface area contributed by atoms with Crippen LogP contribution in [0.5, 0.6) is 11.5 Å². The number of para-hydroxylation sites is 1. The molecule has 0 aromatic heterocycles. The van der Waals surface area contributed by atoms with Gasteiger partial charge in [0.2, 0.25) is 0 Å². The number of carbonyl (C=O) groups is 1. The lowest BCUT2D eigenvalue weighted by molar-refractivity contribution is 0.0660. The average molecular weight is 461 g/mol. The van der Waals surface area contributed by atoms with Crippen molar-refractivity contribution in [3.8, 4) is 11.5 Å². The molecule has 0 radical (unpaired) electrons. The predicted molar refractivity (Wildman–Crippen MR) is 134 cm³/mol. The summed E-state index contributed by atoms with van der Waals surface area (Å²) in [5, 5.41) is 3.53. The van der Waals surface area contributed by atoms with E-state index in [1.54, 1.807) is 14.2 Å². The van der Waals surface area contributed by atoms with E-state index in [-0.39, 0.29) is 12.1 Å². The highest BCUT2D eigenvalue weighted by molar-refractivity contribution is 6.01. The highest BCUT2D eigenvalue weighted by Gasteiger charge is 2.32. The molecule has 1 aliphatic rings. The molecule has 1 unspecified atom stereocenters. The van der Waals surface area contributed by atoms with Gasteiger partial charge < -0.3 is 24.4 Å². The Balaban J connectivity index is 1.49. The van der Waals surface area contributed by atoms with Crippen molar-refractivity contribution in [2.45, 2.75) is 25.4 Å². The Kier molecular flexibility index (Phi) is 8.04. The summed E-state index contributed by atoms with van der Waals surface area (Å²) in [6.45, 7) is 1.78. The Labute approximate surface area is 201 Å². The van der Waals surface area contributed by atoms with Gasteiger partial charge in [-0.1, -0.05) is 48.5 Å². The third kappa shape index (κ3) is 5.51. The van der Waals surface area contributed by atoms with Crippen LogP contribution in [0, 0.1) is 0 Å². The molecular weight excluding hydrogens is 428 g/mol. The Hall–Kier alpha value is -3.51. The lowest BCUT2D eigenvalue weighted by atomic mass is 10.0. The van der Waals surface area contributed by atoms with Crippen molar-refractivity contribution < 1.29 is 19.0 Å². The van der Waals surface area contributed by atoms with E-state index in [1.807, 2.05) is 53.4 Å².